The van der Waals surface area contributed by atoms with Crippen molar-refractivity contribution in [2.75, 3.05) is 0 Å². The summed E-state index contributed by atoms with van der Waals surface area (Å²) in [5.41, 5.74) is 0.323. The highest BCUT2D eigenvalue weighted by molar-refractivity contribution is 5.97. The minimum Gasteiger partial charge on any atom is -0.349 e. The van der Waals surface area contributed by atoms with Gasteiger partial charge in [0.1, 0.15) is 17.0 Å². The van der Waals surface area contributed by atoms with Gasteiger partial charge in [-0.15, -0.1) is 0 Å². The molecule has 0 spiro atoms. The maximum absolute atomic E-state index is 14.1. The zero-order valence-corrected chi connectivity index (χ0v) is 14.7. The summed E-state index contributed by atoms with van der Waals surface area (Å²) >= 11 is 0. The fraction of sp³-hybridized carbons (Fsp3) is 0.250. The van der Waals surface area contributed by atoms with Crippen LogP contribution in [0.1, 0.15) is 36.2 Å². The lowest BCUT2D eigenvalue weighted by atomic mass is 10.1. The lowest BCUT2D eigenvalue weighted by Crippen LogP contribution is -2.37. The first kappa shape index (κ1) is 17.8. The molecule has 0 radical (unpaired) electrons. The third-order valence-corrected chi connectivity index (χ3v) is 4.37. The minimum absolute atomic E-state index is 0.00344. The van der Waals surface area contributed by atoms with Crippen molar-refractivity contribution in [3.63, 3.8) is 0 Å². The zero-order valence-electron chi connectivity index (χ0n) is 14.7. The monoisotopic (exact) mass is 353 g/mol. The zero-order chi connectivity index (χ0) is 18.7. The van der Waals surface area contributed by atoms with E-state index in [1.54, 1.807) is 42.6 Å². The Labute approximate surface area is 150 Å². The van der Waals surface area contributed by atoms with Gasteiger partial charge in [-0.25, -0.2) is 9.37 Å². The number of fused-ring (bicyclic) bond motifs is 1. The molecule has 2 heterocycles. The predicted octanol–water partition coefficient (Wildman–Crippen LogP) is 3.11. The first-order valence-electron chi connectivity index (χ1n) is 8.54. The van der Waals surface area contributed by atoms with Crippen LogP contribution in [-0.2, 0) is 6.54 Å². The Morgan fingerprint density at radius 3 is 2.77 bits per heavy atom. The van der Waals surface area contributed by atoms with Gasteiger partial charge in [-0.05, 0) is 37.6 Å². The second-order valence-corrected chi connectivity index (χ2v) is 6.24. The molecule has 1 atom stereocenters. The lowest BCUT2D eigenvalue weighted by Gasteiger charge is -2.14. The summed E-state index contributed by atoms with van der Waals surface area (Å²) in [5, 5.41) is 3.46. The first-order chi connectivity index (χ1) is 12.5. The quantitative estimate of drug-likeness (QED) is 0.766. The van der Waals surface area contributed by atoms with Crippen molar-refractivity contribution in [2.24, 2.45) is 0 Å². The third-order valence-electron chi connectivity index (χ3n) is 4.37. The molecular formula is C20H20FN3O2. The summed E-state index contributed by atoms with van der Waals surface area (Å²) < 4.78 is 15.4. The molecule has 0 bridgehead atoms. The van der Waals surface area contributed by atoms with Crippen LogP contribution in [0.3, 0.4) is 0 Å². The van der Waals surface area contributed by atoms with Gasteiger partial charge < -0.3 is 5.32 Å². The van der Waals surface area contributed by atoms with Crippen LogP contribution in [0.15, 0.2) is 53.5 Å². The molecule has 0 aliphatic heterocycles. The second kappa shape index (κ2) is 7.47. The summed E-state index contributed by atoms with van der Waals surface area (Å²) in [7, 11) is 0. The van der Waals surface area contributed by atoms with E-state index < -0.39 is 17.3 Å². The summed E-state index contributed by atoms with van der Waals surface area (Å²) in [6.07, 6.45) is 2.32. The summed E-state index contributed by atoms with van der Waals surface area (Å²) in [6.45, 7) is 3.83. The van der Waals surface area contributed by atoms with Crippen LogP contribution in [0.2, 0.25) is 0 Å². The number of carbonyl (C=O) groups excluding carboxylic acids is 1. The van der Waals surface area contributed by atoms with Gasteiger partial charge in [0.2, 0.25) is 0 Å². The van der Waals surface area contributed by atoms with Crippen molar-refractivity contribution < 1.29 is 9.18 Å². The summed E-state index contributed by atoms with van der Waals surface area (Å²) in [6, 6.07) is 11.3. The number of rotatable bonds is 5. The second-order valence-electron chi connectivity index (χ2n) is 6.24. The van der Waals surface area contributed by atoms with E-state index in [2.05, 4.69) is 10.3 Å². The number of hydrogen-bond acceptors (Lipinski definition) is 3. The average Bonchev–Trinajstić information content (AvgIpc) is 2.65. The summed E-state index contributed by atoms with van der Waals surface area (Å²) in [4.78, 5) is 29.7. The fourth-order valence-electron chi connectivity index (χ4n) is 2.72. The number of amides is 1. The Morgan fingerprint density at radius 2 is 2.04 bits per heavy atom. The van der Waals surface area contributed by atoms with E-state index in [1.807, 2.05) is 13.8 Å². The Bertz CT molecular complexity index is 1010. The van der Waals surface area contributed by atoms with Crippen LogP contribution in [0.5, 0.6) is 0 Å². The fourth-order valence-corrected chi connectivity index (χ4v) is 2.72. The van der Waals surface area contributed by atoms with Crippen LogP contribution in [0.25, 0.3) is 11.0 Å². The third kappa shape index (κ3) is 3.49. The van der Waals surface area contributed by atoms with Crippen LogP contribution >= 0.6 is 0 Å². The molecule has 0 saturated carbocycles. The normalized spacial score (nSPS) is 12.1. The first-order valence-corrected chi connectivity index (χ1v) is 8.54. The smallest absolute Gasteiger partial charge is 0.265 e. The molecule has 2 aromatic heterocycles. The van der Waals surface area contributed by atoms with Crippen LogP contribution in [-0.4, -0.2) is 21.5 Å². The van der Waals surface area contributed by atoms with Gasteiger partial charge >= 0.3 is 0 Å². The van der Waals surface area contributed by atoms with Crippen molar-refractivity contribution in [1.82, 2.24) is 14.9 Å². The largest absolute Gasteiger partial charge is 0.349 e. The Hall–Kier alpha value is -3.02. The van der Waals surface area contributed by atoms with E-state index in [-0.39, 0.29) is 18.2 Å². The van der Waals surface area contributed by atoms with Crippen LogP contribution < -0.4 is 10.9 Å². The van der Waals surface area contributed by atoms with E-state index in [1.165, 1.54) is 10.6 Å². The van der Waals surface area contributed by atoms with E-state index >= 15 is 0 Å². The lowest BCUT2D eigenvalue weighted by molar-refractivity contribution is 0.0937. The number of benzene rings is 1. The van der Waals surface area contributed by atoms with Gasteiger partial charge in [-0.1, -0.05) is 25.1 Å². The molecular weight excluding hydrogens is 333 g/mol. The molecule has 3 aromatic rings. The van der Waals surface area contributed by atoms with Gasteiger partial charge in [-0.3, -0.25) is 14.2 Å². The molecule has 5 nitrogen and oxygen atoms in total. The molecule has 0 saturated heterocycles. The molecule has 0 unspecified atom stereocenters. The predicted molar refractivity (Wildman–Crippen MR) is 98.7 cm³/mol. The van der Waals surface area contributed by atoms with Gasteiger partial charge in [0.25, 0.3) is 11.5 Å². The highest BCUT2D eigenvalue weighted by Crippen LogP contribution is 2.14. The van der Waals surface area contributed by atoms with E-state index in [4.69, 9.17) is 0 Å². The average molecular weight is 353 g/mol. The van der Waals surface area contributed by atoms with E-state index in [0.29, 0.717) is 16.6 Å². The molecule has 26 heavy (non-hydrogen) atoms. The number of nitrogens with one attached hydrogen (secondary N) is 1. The van der Waals surface area contributed by atoms with Gasteiger partial charge in [0.15, 0.2) is 0 Å². The Morgan fingerprint density at radius 1 is 1.27 bits per heavy atom. The van der Waals surface area contributed by atoms with E-state index in [0.717, 1.165) is 6.42 Å². The summed E-state index contributed by atoms with van der Waals surface area (Å²) in [5.74, 6) is -0.838. The molecule has 1 N–H and O–H groups in total. The Kier molecular flexibility index (Phi) is 5.11. The van der Waals surface area contributed by atoms with Gasteiger partial charge in [0.05, 0.1) is 6.54 Å². The SMILES string of the molecule is CC[C@@H](C)NC(=O)c1cc2cccnc2n(Cc2ccccc2F)c1=O. The number of carbonyl (C=O) groups is 1. The van der Waals surface area contributed by atoms with Crippen molar-refractivity contribution in [3.05, 3.63) is 76.0 Å². The van der Waals surface area contributed by atoms with E-state index in [9.17, 15) is 14.0 Å². The molecule has 6 heteroatoms. The van der Waals surface area contributed by atoms with Crippen molar-refractivity contribution in [2.45, 2.75) is 32.9 Å². The molecule has 0 fully saturated rings. The molecule has 134 valence electrons. The number of hydrogen-bond donors (Lipinski definition) is 1. The van der Waals surface area contributed by atoms with Crippen molar-refractivity contribution in [1.29, 1.82) is 0 Å². The van der Waals surface area contributed by atoms with Crippen LogP contribution in [0.4, 0.5) is 4.39 Å². The topological polar surface area (TPSA) is 64.0 Å². The number of pyridine rings is 2. The number of halogens is 1. The number of aromatic nitrogens is 2. The molecule has 0 aliphatic carbocycles. The standard InChI is InChI=1S/C20H20FN3O2/c1-3-13(2)23-19(25)16-11-14-8-6-10-22-18(14)24(20(16)26)12-15-7-4-5-9-17(15)21/h4-11,13H,3,12H2,1-2H3,(H,23,25)/t13-/m1/s1. The Balaban J connectivity index is 2.14. The molecule has 1 amide bonds. The molecule has 0 aliphatic rings. The highest BCUT2D eigenvalue weighted by Gasteiger charge is 2.18. The maximum Gasteiger partial charge on any atom is 0.265 e. The molecule has 1 aromatic carbocycles. The minimum atomic E-state index is -0.486. The number of nitrogens with zero attached hydrogens (tertiary/aromatic N) is 2. The van der Waals surface area contributed by atoms with Crippen LogP contribution in [0, 0.1) is 5.82 Å². The van der Waals surface area contributed by atoms with Crippen molar-refractivity contribution >= 4 is 16.9 Å². The highest BCUT2D eigenvalue weighted by atomic mass is 19.1. The van der Waals surface area contributed by atoms with Gasteiger partial charge in [-0.2, -0.15) is 0 Å². The van der Waals surface area contributed by atoms with Gasteiger partial charge in [0, 0.05) is 23.2 Å². The van der Waals surface area contributed by atoms with Crippen molar-refractivity contribution in [3.8, 4) is 0 Å². The maximum atomic E-state index is 14.1. The molecule has 3 rings (SSSR count).